The summed E-state index contributed by atoms with van der Waals surface area (Å²) in [6, 6.07) is 0. The first-order valence-electron chi connectivity index (χ1n) is 8.01. The van der Waals surface area contributed by atoms with E-state index in [1.165, 1.54) is 32.1 Å². The molecule has 19 heavy (non-hydrogen) atoms. The smallest absolute Gasteiger partial charge is 0.220 e. The molecule has 0 aliphatic heterocycles. The zero-order valence-electron chi connectivity index (χ0n) is 11.9. The molecular weight excluding hydrogens is 238 g/mol. The summed E-state index contributed by atoms with van der Waals surface area (Å²) in [7, 11) is 0. The van der Waals surface area contributed by atoms with E-state index in [0.29, 0.717) is 11.7 Å². The number of hydrogen-bond donors (Lipinski definition) is 1. The molecule has 2 aliphatic carbocycles. The van der Waals surface area contributed by atoms with Crippen molar-refractivity contribution in [2.75, 3.05) is 0 Å². The lowest BCUT2D eigenvalue weighted by Gasteiger charge is -2.29. The van der Waals surface area contributed by atoms with Crippen LogP contribution in [0.2, 0.25) is 0 Å². The molecule has 1 amide bonds. The molecule has 108 valence electrons. The minimum Gasteiger partial charge on any atom is -0.369 e. The first kappa shape index (κ1) is 14.5. The second-order valence-corrected chi connectivity index (χ2v) is 6.40. The first-order chi connectivity index (χ1) is 9.18. The molecular formula is C16H27NO2. The maximum Gasteiger partial charge on any atom is 0.220 e. The molecule has 0 atom stereocenters. The Balaban J connectivity index is 1.84. The van der Waals surface area contributed by atoms with Crippen LogP contribution in [-0.4, -0.2) is 11.7 Å². The predicted octanol–water partition coefficient (Wildman–Crippen LogP) is 3.21. The Morgan fingerprint density at radius 3 is 1.58 bits per heavy atom. The van der Waals surface area contributed by atoms with E-state index in [2.05, 4.69) is 0 Å². The molecule has 0 unspecified atom stereocenters. The number of ketones is 1. The Hall–Kier alpha value is -0.860. The fraction of sp³-hybridized carbons (Fsp3) is 0.875. The van der Waals surface area contributed by atoms with Gasteiger partial charge in [0, 0.05) is 17.8 Å². The van der Waals surface area contributed by atoms with Crippen LogP contribution >= 0.6 is 0 Å². The van der Waals surface area contributed by atoms with Crippen LogP contribution in [0.1, 0.15) is 70.6 Å². The zero-order chi connectivity index (χ0) is 13.7. The van der Waals surface area contributed by atoms with Gasteiger partial charge in [0.05, 0.1) is 0 Å². The van der Waals surface area contributed by atoms with E-state index in [-0.39, 0.29) is 17.7 Å². The fourth-order valence-corrected chi connectivity index (χ4v) is 3.74. The van der Waals surface area contributed by atoms with Crippen molar-refractivity contribution in [2.24, 2.45) is 23.5 Å². The quantitative estimate of drug-likeness (QED) is 0.851. The van der Waals surface area contributed by atoms with Crippen LogP contribution in [-0.2, 0) is 9.59 Å². The van der Waals surface area contributed by atoms with Gasteiger partial charge in [0.1, 0.15) is 5.78 Å². The van der Waals surface area contributed by atoms with Crippen LogP contribution in [0.4, 0.5) is 0 Å². The SMILES string of the molecule is NC(=O)C1CCC(C(=O)C2CCCCCCC2)CC1. The van der Waals surface area contributed by atoms with Gasteiger partial charge in [-0.2, -0.15) is 0 Å². The second-order valence-electron chi connectivity index (χ2n) is 6.40. The van der Waals surface area contributed by atoms with Crippen molar-refractivity contribution in [1.29, 1.82) is 0 Å². The third-order valence-corrected chi connectivity index (χ3v) is 5.04. The third-order valence-electron chi connectivity index (χ3n) is 5.04. The van der Waals surface area contributed by atoms with E-state index in [1.807, 2.05) is 0 Å². The van der Waals surface area contributed by atoms with Gasteiger partial charge in [0.25, 0.3) is 0 Å². The molecule has 2 saturated carbocycles. The van der Waals surface area contributed by atoms with E-state index in [4.69, 9.17) is 5.73 Å². The molecule has 0 aromatic heterocycles. The molecule has 2 rings (SSSR count). The number of hydrogen-bond acceptors (Lipinski definition) is 2. The van der Waals surface area contributed by atoms with Gasteiger partial charge in [-0.1, -0.05) is 32.1 Å². The molecule has 0 saturated heterocycles. The summed E-state index contributed by atoms with van der Waals surface area (Å²) in [5, 5.41) is 0. The highest BCUT2D eigenvalue weighted by molar-refractivity contribution is 5.84. The Kier molecular flexibility index (Phi) is 5.41. The number of nitrogens with two attached hydrogens (primary N) is 1. The van der Waals surface area contributed by atoms with Gasteiger partial charge in [-0.25, -0.2) is 0 Å². The van der Waals surface area contributed by atoms with Crippen LogP contribution in [0.5, 0.6) is 0 Å². The molecule has 2 aliphatic rings. The van der Waals surface area contributed by atoms with Crippen LogP contribution in [0, 0.1) is 17.8 Å². The zero-order valence-corrected chi connectivity index (χ0v) is 11.9. The average molecular weight is 265 g/mol. The number of carbonyl (C=O) groups excluding carboxylic acids is 2. The van der Waals surface area contributed by atoms with E-state index >= 15 is 0 Å². The third kappa shape index (κ3) is 4.05. The van der Waals surface area contributed by atoms with Crippen molar-refractivity contribution in [3.63, 3.8) is 0 Å². The van der Waals surface area contributed by atoms with Gasteiger partial charge in [0.2, 0.25) is 5.91 Å². The largest absolute Gasteiger partial charge is 0.369 e. The van der Waals surface area contributed by atoms with Crippen LogP contribution < -0.4 is 5.73 Å². The van der Waals surface area contributed by atoms with Crippen molar-refractivity contribution in [2.45, 2.75) is 70.6 Å². The number of amides is 1. The van der Waals surface area contributed by atoms with Crippen LogP contribution in [0.25, 0.3) is 0 Å². The van der Waals surface area contributed by atoms with Gasteiger partial charge in [-0.05, 0) is 38.5 Å². The Labute approximate surface area is 116 Å². The van der Waals surface area contributed by atoms with Gasteiger partial charge in [-0.15, -0.1) is 0 Å². The van der Waals surface area contributed by atoms with E-state index in [1.54, 1.807) is 0 Å². The minimum absolute atomic E-state index is 0.0152. The molecule has 2 fully saturated rings. The molecule has 0 heterocycles. The Bertz CT molecular complexity index is 311. The molecule has 0 aromatic carbocycles. The summed E-state index contributed by atoms with van der Waals surface area (Å²) in [5.41, 5.74) is 5.35. The molecule has 0 spiro atoms. The van der Waals surface area contributed by atoms with Gasteiger partial charge >= 0.3 is 0 Å². The van der Waals surface area contributed by atoms with Gasteiger partial charge in [-0.3, -0.25) is 9.59 Å². The monoisotopic (exact) mass is 265 g/mol. The number of Topliss-reactive ketones (excluding diaryl/α,β-unsaturated/α-hetero) is 1. The standard InChI is InChI=1S/C16H27NO2/c17-16(19)14-10-8-13(9-11-14)15(18)12-6-4-2-1-3-5-7-12/h12-14H,1-11H2,(H2,17,19). The van der Waals surface area contributed by atoms with Crippen LogP contribution in [0.15, 0.2) is 0 Å². The van der Waals surface area contributed by atoms with Crippen molar-refractivity contribution >= 4 is 11.7 Å². The minimum atomic E-state index is -0.183. The van der Waals surface area contributed by atoms with Gasteiger partial charge in [0.15, 0.2) is 0 Å². The highest BCUT2D eigenvalue weighted by Crippen LogP contribution is 2.33. The Morgan fingerprint density at radius 2 is 1.05 bits per heavy atom. The summed E-state index contributed by atoms with van der Waals surface area (Å²) in [4.78, 5) is 23.7. The van der Waals surface area contributed by atoms with E-state index in [9.17, 15) is 9.59 Å². The number of rotatable bonds is 3. The van der Waals surface area contributed by atoms with Crippen molar-refractivity contribution in [1.82, 2.24) is 0 Å². The summed E-state index contributed by atoms with van der Waals surface area (Å²) in [6.07, 6.45) is 11.9. The lowest BCUT2D eigenvalue weighted by Crippen LogP contribution is -2.32. The maximum absolute atomic E-state index is 12.6. The molecule has 2 N–H and O–H groups in total. The highest BCUT2D eigenvalue weighted by Gasteiger charge is 2.32. The highest BCUT2D eigenvalue weighted by atomic mass is 16.1. The molecule has 0 bridgehead atoms. The van der Waals surface area contributed by atoms with Crippen molar-refractivity contribution < 1.29 is 9.59 Å². The van der Waals surface area contributed by atoms with Crippen LogP contribution in [0.3, 0.4) is 0 Å². The van der Waals surface area contributed by atoms with E-state index < -0.39 is 0 Å². The normalized spacial score (nSPS) is 30.3. The van der Waals surface area contributed by atoms with Crippen molar-refractivity contribution in [3.8, 4) is 0 Å². The number of primary amides is 1. The fourth-order valence-electron chi connectivity index (χ4n) is 3.74. The second kappa shape index (κ2) is 7.06. The molecule has 3 nitrogen and oxygen atoms in total. The summed E-state index contributed by atoms with van der Waals surface area (Å²) in [5.74, 6) is 0.832. The summed E-state index contributed by atoms with van der Waals surface area (Å²) < 4.78 is 0. The molecule has 0 radical (unpaired) electrons. The predicted molar refractivity (Wildman–Crippen MR) is 75.5 cm³/mol. The Morgan fingerprint density at radius 1 is 0.632 bits per heavy atom. The molecule has 0 aromatic rings. The van der Waals surface area contributed by atoms with Gasteiger partial charge < -0.3 is 5.73 Å². The lowest BCUT2D eigenvalue weighted by molar-refractivity contribution is -0.131. The number of carbonyl (C=O) groups is 2. The summed E-state index contributed by atoms with van der Waals surface area (Å²) >= 11 is 0. The lowest BCUT2D eigenvalue weighted by atomic mass is 9.74. The summed E-state index contributed by atoms with van der Waals surface area (Å²) in [6.45, 7) is 0. The maximum atomic E-state index is 12.6. The first-order valence-corrected chi connectivity index (χ1v) is 8.01. The average Bonchev–Trinajstić information content (AvgIpc) is 2.38. The van der Waals surface area contributed by atoms with E-state index in [0.717, 1.165) is 38.5 Å². The molecule has 3 heteroatoms. The topological polar surface area (TPSA) is 60.2 Å². The van der Waals surface area contributed by atoms with Crippen molar-refractivity contribution in [3.05, 3.63) is 0 Å².